The molecule has 2 aliphatic rings. The van der Waals surface area contributed by atoms with Crippen LogP contribution in [0.2, 0.25) is 0 Å². The number of piperazine rings is 1. The van der Waals surface area contributed by atoms with E-state index in [0.717, 1.165) is 24.0 Å². The second-order valence-corrected chi connectivity index (χ2v) is 6.49. The van der Waals surface area contributed by atoms with E-state index in [-0.39, 0.29) is 5.91 Å². The topological polar surface area (TPSA) is 23.6 Å². The van der Waals surface area contributed by atoms with Crippen LogP contribution in [0.3, 0.4) is 0 Å². The van der Waals surface area contributed by atoms with Gasteiger partial charge in [0.05, 0.1) is 0 Å². The van der Waals surface area contributed by atoms with Gasteiger partial charge < -0.3 is 4.90 Å². The van der Waals surface area contributed by atoms with E-state index in [9.17, 15) is 4.79 Å². The average Bonchev–Trinajstić information content (AvgIpc) is 2.93. The number of benzene rings is 1. The summed E-state index contributed by atoms with van der Waals surface area (Å²) in [5.74, 6) is 0.185. The lowest BCUT2D eigenvalue weighted by Crippen LogP contribution is -2.56. The Hall–Kier alpha value is -0.870. The van der Waals surface area contributed by atoms with Gasteiger partial charge in [-0.1, -0.05) is 28.1 Å². The highest BCUT2D eigenvalue weighted by molar-refractivity contribution is 9.08. The lowest BCUT2D eigenvalue weighted by Gasteiger charge is -2.42. The van der Waals surface area contributed by atoms with E-state index in [4.69, 9.17) is 0 Å². The van der Waals surface area contributed by atoms with Crippen molar-refractivity contribution in [2.75, 3.05) is 19.6 Å². The summed E-state index contributed by atoms with van der Waals surface area (Å²) in [4.78, 5) is 17.3. The summed E-state index contributed by atoms with van der Waals surface area (Å²) in [5.41, 5.74) is 2.02. The van der Waals surface area contributed by atoms with Gasteiger partial charge in [-0.2, -0.15) is 0 Å². The van der Waals surface area contributed by atoms with Gasteiger partial charge in [-0.05, 0) is 44.0 Å². The van der Waals surface area contributed by atoms with E-state index in [1.807, 2.05) is 24.3 Å². The van der Waals surface area contributed by atoms with Crippen LogP contribution in [-0.4, -0.2) is 47.4 Å². The van der Waals surface area contributed by atoms with E-state index in [1.165, 1.54) is 24.9 Å². The standard InChI is InChI=1S/C16H21BrN2O/c1-12-10-18-8-2-3-15(18)11-19(12)16(20)14-6-4-13(9-17)5-7-14/h4-7,12,15H,2-3,8-11H2,1H3. The van der Waals surface area contributed by atoms with Crippen molar-refractivity contribution in [1.29, 1.82) is 0 Å². The molecule has 1 amide bonds. The van der Waals surface area contributed by atoms with Crippen molar-refractivity contribution in [3.63, 3.8) is 0 Å². The van der Waals surface area contributed by atoms with Crippen LogP contribution in [0.4, 0.5) is 0 Å². The molecule has 0 spiro atoms. The number of rotatable bonds is 2. The summed E-state index contributed by atoms with van der Waals surface area (Å²) in [6.07, 6.45) is 2.51. The molecule has 20 heavy (non-hydrogen) atoms. The lowest BCUT2D eigenvalue weighted by molar-refractivity contribution is 0.0395. The molecular formula is C16H21BrN2O. The van der Waals surface area contributed by atoms with Crippen LogP contribution in [0, 0.1) is 0 Å². The number of alkyl halides is 1. The fraction of sp³-hybridized carbons (Fsp3) is 0.562. The average molecular weight is 337 g/mol. The molecule has 4 heteroatoms. The largest absolute Gasteiger partial charge is 0.333 e. The van der Waals surface area contributed by atoms with Gasteiger partial charge in [0, 0.05) is 36.1 Å². The van der Waals surface area contributed by atoms with E-state index in [0.29, 0.717) is 12.1 Å². The molecule has 2 aliphatic heterocycles. The zero-order valence-electron chi connectivity index (χ0n) is 11.9. The number of nitrogens with zero attached hydrogens (tertiary/aromatic N) is 2. The first-order valence-electron chi connectivity index (χ1n) is 7.39. The van der Waals surface area contributed by atoms with Crippen LogP contribution in [0.25, 0.3) is 0 Å². The highest BCUT2D eigenvalue weighted by Gasteiger charge is 2.36. The number of amides is 1. The number of carbonyl (C=O) groups excluding carboxylic acids is 1. The molecule has 1 aromatic carbocycles. The molecule has 0 N–H and O–H groups in total. The summed E-state index contributed by atoms with van der Waals surface area (Å²) in [7, 11) is 0. The Balaban J connectivity index is 1.75. The summed E-state index contributed by atoms with van der Waals surface area (Å²) in [6.45, 7) is 5.28. The summed E-state index contributed by atoms with van der Waals surface area (Å²) >= 11 is 3.44. The summed E-state index contributed by atoms with van der Waals surface area (Å²) < 4.78 is 0. The molecule has 3 rings (SSSR count). The smallest absolute Gasteiger partial charge is 0.254 e. The molecule has 2 fully saturated rings. The normalized spacial score (nSPS) is 26.6. The first-order valence-corrected chi connectivity index (χ1v) is 8.51. The third-order valence-corrected chi connectivity index (χ3v) is 5.20. The second-order valence-electron chi connectivity index (χ2n) is 5.93. The third-order valence-electron chi connectivity index (χ3n) is 4.55. The Morgan fingerprint density at radius 3 is 2.75 bits per heavy atom. The predicted octanol–water partition coefficient (Wildman–Crippen LogP) is 2.89. The van der Waals surface area contributed by atoms with Crippen molar-refractivity contribution in [3.8, 4) is 0 Å². The molecule has 1 aromatic rings. The highest BCUT2D eigenvalue weighted by Crippen LogP contribution is 2.25. The first kappa shape index (κ1) is 14.1. The number of fused-ring (bicyclic) bond motifs is 1. The molecule has 0 saturated carbocycles. The molecule has 3 nitrogen and oxygen atoms in total. The van der Waals surface area contributed by atoms with Crippen LogP contribution in [0.15, 0.2) is 24.3 Å². The SMILES string of the molecule is CC1CN2CCCC2CN1C(=O)c1ccc(CBr)cc1. The van der Waals surface area contributed by atoms with E-state index in [1.54, 1.807) is 0 Å². The zero-order valence-corrected chi connectivity index (χ0v) is 13.5. The second kappa shape index (κ2) is 5.86. The van der Waals surface area contributed by atoms with Gasteiger partial charge in [-0.3, -0.25) is 9.69 Å². The van der Waals surface area contributed by atoms with Crippen molar-refractivity contribution < 1.29 is 4.79 Å². The minimum atomic E-state index is 0.185. The lowest BCUT2D eigenvalue weighted by atomic mass is 10.1. The van der Waals surface area contributed by atoms with Gasteiger partial charge >= 0.3 is 0 Å². The van der Waals surface area contributed by atoms with Crippen molar-refractivity contribution in [2.24, 2.45) is 0 Å². The Morgan fingerprint density at radius 2 is 2.05 bits per heavy atom. The fourth-order valence-corrected chi connectivity index (χ4v) is 3.75. The van der Waals surface area contributed by atoms with Crippen molar-refractivity contribution in [3.05, 3.63) is 35.4 Å². The van der Waals surface area contributed by atoms with Gasteiger partial charge in [0.15, 0.2) is 0 Å². The zero-order chi connectivity index (χ0) is 14.1. The van der Waals surface area contributed by atoms with Crippen LogP contribution >= 0.6 is 15.9 Å². The van der Waals surface area contributed by atoms with Gasteiger partial charge in [0.2, 0.25) is 0 Å². The number of hydrogen-bond acceptors (Lipinski definition) is 2. The number of hydrogen-bond donors (Lipinski definition) is 0. The van der Waals surface area contributed by atoms with E-state index in [2.05, 4.69) is 32.7 Å². The van der Waals surface area contributed by atoms with Crippen molar-refractivity contribution >= 4 is 21.8 Å². The van der Waals surface area contributed by atoms with E-state index >= 15 is 0 Å². The van der Waals surface area contributed by atoms with Gasteiger partial charge in [-0.25, -0.2) is 0 Å². The molecule has 0 radical (unpaired) electrons. The maximum atomic E-state index is 12.7. The molecule has 0 aliphatic carbocycles. The van der Waals surface area contributed by atoms with Crippen LogP contribution in [0.5, 0.6) is 0 Å². The van der Waals surface area contributed by atoms with Gasteiger partial charge in [-0.15, -0.1) is 0 Å². The number of carbonyl (C=O) groups is 1. The Labute approximate surface area is 129 Å². The maximum absolute atomic E-state index is 12.7. The highest BCUT2D eigenvalue weighted by atomic mass is 79.9. The fourth-order valence-electron chi connectivity index (χ4n) is 3.37. The predicted molar refractivity (Wildman–Crippen MR) is 84.2 cm³/mol. The van der Waals surface area contributed by atoms with Crippen LogP contribution in [0.1, 0.15) is 35.7 Å². The Morgan fingerprint density at radius 1 is 1.30 bits per heavy atom. The molecule has 2 unspecified atom stereocenters. The molecule has 2 atom stereocenters. The Kier molecular flexibility index (Phi) is 4.13. The minimum Gasteiger partial charge on any atom is -0.333 e. The molecule has 2 heterocycles. The molecule has 108 valence electrons. The maximum Gasteiger partial charge on any atom is 0.254 e. The van der Waals surface area contributed by atoms with E-state index < -0.39 is 0 Å². The summed E-state index contributed by atoms with van der Waals surface area (Å²) in [6, 6.07) is 8.85. The minimum absolute atomic E-state index is 0.185. The third kappa shape index (κ3) is 2.63. The monoisotopic (exact) mass is 336 g/mol. The summed E-state index contributed by atoms with van der Waals surface area (Å²) in [5, 5.41) is 0.832. The number of halogens is 1. The van der Waals surface area contributed by atoms with Crippen LogP contribution < -0.4 is 0 Å². The first-order chi connectivity index (χ1) is 9.69. The molecule has 2 saturated heterocycles. The Bertz CT molecular complexity index is 488. The molecular weight excluding hydrogens is 316 g/mol. The van der Waals surface area contributed by atoms with Gasteiger partial charge in [0.25, 0.3) is 5.91 Å². The quantitative estimate of drug-likeness (QED) is 0.775. The molecule has 0 aromatic heterocycles. The molecule has 0 bridgehead atoms. The van der Waals surface area contributed by atoms with Crippen molar-refractivity contribution in [1.82, 2.24) is 9.80 Å². The van der Waals surface area contributed by atoms with Crippen LogP contribution in [-0.2, 0) is 5.33 Å². The van der Waals surface area contributed by atoms with Crippen molar-refractivity contribution in [2.45, 2.75) is 37.2 Å². The van der Waals surface area contributed by atoms with Gasteiger partial charge in [0.1, 0.15) is 0 Å².